The average Bonchev–Trinajstić information content (AvgIpc) is 3.18. The van der Waals surface area contributed by atoms with E-state index < -0.39 is 44.5 Å². The van der Waals surface area contributed by atoms with E-state index in [0.717, 1.165) is 22.5 Å². The fourth-order valence-electron chi connectivity index (χ4n) is 2.97. The number of rotatable bonds is 6. The Morgan fingerprint density at radius 3 is 2.53 bits per heavy atom. The van der Waals surface area contributed by atoms with Crippen LogP contribution in [0.1, 0.15) is 17.5 Å². The predicted molar refractivity (Wildman–Crippen MR) is 97.9 cm³/mol. The van der Waals surface area contributed by atoms with E-state index in [1.54, 1.807) is 0 Å². The Kier molecular flexibility index (Phi) is 6.44. The van der Waals surface area contributed by atoms with Crippen molar-refractivity contribution in [1.29, 1.82) is 0 Å². The number of amides is 1. The molecule has 1 aliphatic rings. The number of benzene rings is 2. The summed E-state index contributed by atoms with van der Waals surface area (Å²) >= 11 is 0. The van der Waals surface area contributed by atoms with Gasteiger partial charge in [0.15, 0.2) is 0 Å². The second-order valence-electron chi connectivity index (χ2n) is 6.75. The summed E-state index contributed by atoms with van der Waals surface area (Å²) in [5, 5.41) is 0. The molecule has 0 aromatic heterocycles. The average molecular weight is 446 g/mol. The van der Waals surface area contributed by atoms with Crippen LogP contribution in [0.25, 0.3) is 0 Å². The van der Waals surface area contributed by atoms with E-state index in [1.165, 1.54) is 24.3 Å². The van der Waals surface area contributed by atoms with E-state index in [-0.39, 0.29) is 25.9 Å². The highest BCUT2D eigenvalue weighted by atomic mass is 32.2. The van der Waals surface area contributed by atoms with Crippen molar-refractivity contribution in [2.45, 2.75) is 30.0 Å². The van der Waals surface area contributed by atoms with Crippen LogP contribution in [0.3, 0.4) is 0 Å². The molecule has 2 aromatic rings. The first-order valence-corrected chi connectivity index (χ1v) is 10.4. The molecule has 1 amide bonds. The number of sulfonamides is 1. The Balaban J connectivity index is 1.57. The van der Waals surface area contributed by atoms with Gasteiger partial charge in [0.25, 0.3) is 0 Å². The summed E-state index contributed by atoms with van der Waals surface area (Å²) < 4.78 is 77.8. The molecule has 11 heteroatoms. The lowest BCUT2D eigenvalue weighted by Gasteiger charge is -2.17. The fourth-order valence-corrected chi connectivity index (χ4v) is 4.50. The van der Waals surface area contributed by atoms with Gasteiger partial charge in [-0.05, 0) is 42.3 Å². The summed E-state index contributed by atoms with van der Waals surface area (Å²) in [4.78, 5) is 16.7. The summed E-state index contributed by atoms with van der Waals surface area (Å²) in [5.74, 6) is -0.927. The number of carbonyl (C=O) groups excluding carboxylic acids is 1. The van der Waals surface area contributed by atoms with Crippen molar-refractivity contribution in [2.75, 3.05) is 13.1 Å². The van der Waals surface area contributed by atoms with Gasteiger partial charge in [-0.15, -0.1) is 0 Å². The molecule has 1 atom stereocenters. The van der Waals surface area contributed by atoms with Crippen molar-refractivity contribution in [3.63, 3.8) is 0 Å². The number of halogens is 4. The van der Waals surface area contributed by atoms with Gasteiger partial charge < -0.3 is 0 Å². The molecule has 1 N–H and O–H groups in total. The molecule has 0 spiro atoms. The molecule has 1 heterocycles. The van der Waals surface area contributed by atoms with Crippen molar-refractivity contribution in [2.24, 2.45) is 0 Å². The zero-order valence-corrected chi connectivity index (χ0v) is 16.3. The highest BCUT2D eigenvalue weighted by Crippen LogP contribution is 2.31. The van der Waals surface area contributed by atoms with Crippen molar-refractivity contribution in [3.05, 3.63) is 65.5 Å². The van der Waals surface area contributed by atoms with Crippen molar-refractivity contribution < 1.29 is 35.6 Å². The Morgan fingerprint density at radius 1 is 1.17 bits per heavy atom. The van der Waals surface area contributed by atoms with Gasteiger partial charge in [0.2, 0.25) is 15.9 Å². The molecule has 0 bridgehead atoms. The van der Waals surface area contributed by atoms with Crippen LogP contribution in [0.2, 0.25) is 0 Å². The first-order chi connectivity index (χ1) is 14.1. The molecule has 1 fully saturated rings. The number of hydroxylamine groups is 1. The third-order valence-corrected chi connectivity index (χ3v) is 6.39. The Morgan fingerprint density at radius 2 is 1.87 bits per heavy atom. The van der Waals surface area contributed by atoms with Crippen LogP contribution >= 0.6 is 0 Å². The van der Waals surface area contributed by atoms with Crippen LogP contribution < -0.4 is 5.48 Å². The molecular formula is C19H18F4N2O4S. The maximum absolute atomic E-state index is 12.9. The molecule has 3 rings (SSSR count). The molecule has 0 aliphatic carbocycles. The quantitative estimate of drug-likeness (QED) is 0.547. The van der Waals surface area contributed by atoms with Crippen LogP contribution in [-0.4, -0.2) is 37.8 Å². The van der Waals surface area contributed by atoms with E-state index in [2.05, 4.69) is 5.48 Å². The van der Waals surface area contributed by atoms with E-state index in [4.69, 9.17) is 4.84 Å². The summed E-state index contributed by atoms with van der Waals surface area (Å²) in [7, 11) is -4.14. The minimum atomic E-state index is -4.66. The van der Waals surface area contributed by atoms with Gasteiger partial charge in [-0.25, -0.2) is 18.3 Å². The van der Waals surface area contributed by atoms with Gasteiger partial charge in [0.05, 0.1) is 16.9 Å². The summed E-state index contributed by atoms with van der Waals surface area (Å²) in [6.45, 7) is -0.0769. The SMILES string of the molecule is O=C(Cc1ccc(F)cc1)NOC1CCN(S(=O)(=O)c2cccc(C(F)(F)F)c2)C1. The maximum Gasteiger partial charge on any atom is 0.416 e. The second kappa shape index (κ2) is 8.70. The molecule has 2 aromatic carbocycles. The number of nitrogens with one attached hydrogen (secondary N) is 1. The highest BCUT2D eigenvalue weighted by molar-refractivity contribution is 7.89. The first-order valence-electron chi connectivity index (χ1n) is 8.92. The Bertz CT molecular complexity index is 1010. The third-order valence-electron chi connectivity index (χ3n) is 4.52. The first kappa shape index (κ1) is 22.2. The highest BCUT2D eigenvalue weighted by Gasteiger charge is 2.36. The number of nitrogens with zero attached hydrogens (tertiary/aromatic N) is 1. The molecule has 6 nitrogen and oxygen atoms in total. The van der Waals surface area contributed by atoms with Gasteiger partial charge in [-0.1, -0.05) is 18.2 Å². The van der Waals surface area contributed by atoms with Gasteiger partial charge in [0, 0.05) is 13.1 Å². The standard InChI is InChI=1S/C19H18F4N2O4S/c20-15-6-4-13(5-7-15)10-18(26)24-29-16-8-9-25(12-16)30(27,28)17-3-1-2-14(11-17)19(21,22)23/h1-7,11,16H,8-10,12H2,(H,24,26). The van der Waals surface area contributed by atoms with Crippen molar-refractivity contribution in [1.82, 2.24) is 9.79 Å². The molecule has 162 valence electrons. The smallest absolute Gasteiger partial charge is 0.272 e. The lowest BCUT2D eigenvalue weighted by Crippen LogP contribution is -2.34. The summed E-state index contributed by atoms with van der Waals surface area (Å²) in [5.41, 5.74) is 1.74. The van der Waals surface area contributed by atoms with Crippen LogP contribution in [0, 0.1) is 5.82 Å². The van der Waals surface area contributed by atoms with Gasteiger partial charge in [-0.3, -0.25) is 9.63 Å². The molecule has 1 saturated heterocycles. The zero-order chi connectivity index (χ0) is 21.9. The summed E-state index contributed by atoms with van der Waals surface area (Å²) in [6, 6.07) is 8.87. The molecule has 30 heavy (non-hydrogen) atoms. The second-order valence-corrected chi connectivity index (χ2v) is 8.68. The largest absolute Gasteiger partial charge is 0.416 e. The van der Waals surface area contributed by atoms with Crippen LogP contribution in [0.5, 0.6) is 0 Å². The molecule has 1 unspecified atom stereocenters. The molecular weight excluding hydrogens is 428 g/mol. The van der Waals surface area contributed by atoms with Crippen LogP contribution in [-0.2, 0) is 32.3 Å². The molecule has 1 aliphatic heterocycles. The van der Waals surface area contributed by atoms with E-state index in [0.29, 0.717) is 11.6 Å². The van der Waals surface area contributed by atoms with Crippen molar-refractivity contribution >= 4 is 15.9 Å². The lowest BCUT2D eigenvalue weighted by atomic mass is 10.1. The normalized spacial score (nSPS) is 17.8. The fraction of sp³-hybridized carbons (Fsp3) is 0.316. The van der Waals surface area contributed by atoms with Gasteiger partial charge in [0.1, 0.15) is 11.9 Å². The number of carbonyl (C=O) groups is 1. The van der Waals surface area contributed by atoms with E-state index >= 15 is 0 Å². The number of alkyl halides is 3. The number of hydrogen-bond acceptors (Lipinski definition) is 4. The topological polar surface area (TPSA) is 75.7 Å². The summed E-state index contributed by atoms with van der Waals surface area (Å²) in [6.07, 6.45) is -5.10. The Labute approximate surface area is 170 Å². The Hall–Kier alpha value is -2.50. The zero-order valence-electron chi connectivity index (χ0n) is 15.5. The maximum atomic E-state index is 12.9. The van der Waals surface area contributed by atoms with Crippen molar-refractivity contribution in [3.8, 4) is 0 Å². The molecule has 0 radical (unpaired) electrons. The minimum absolute atomic E-state index is 0.0388. The molecule has 0 saturated carbocycles. The van der Waals surface area contributed by atoms with Gasteiger partial charge >= 0.3 is 6.18 Å². The monoisotopic (exact) mass is 446 g/mol. The lowest BCUT2D eigenvalue weighted by molar-refractivity contribution is -0.138. The van der Waals surface area contributed by atoms with Crippen LogP contribution in [0.4, 0.5) is 17.6 Å². The number of hydrogen-bond donors (Lipinski definition) is 1. The third kappa shape index (κ3) is 5.35. The minimum Gasteiger partial charge on any atom is -0.272 e. The van der Waals surface area contributed by atoms with E-state index in [9.17, 15) is 30.8 Å². The van der Waals surface area contributed by atoms with Gasteiger partial charge in [-0.2, -0.15) is 17.5 Å². The van der Waals surface area contributed by atoms with Crippen LogP contribution in [0.15, 0.2) is 53.4 Å². The van der Waals surface area contributed by atoms with E-state index in [1.807, 2.05) is 0 Å². The predicted octanol–water partition coefficient (Wildman–Crippen LogP) is 2.90.